The van der Waals surface area contributed by atoms with Crippen LogP contribution in [-0.2, 0) is 6.42 Å². The molecule has 3 nitrogen and oxygen atoms in total. The summed E-state index contributed by atoms with van der Waals surface area (Å²) in [4.78, 5) is 5.78. The second-order valence-electron chi connectivity index (χ2n) is 7.01. The summed E-state index contributed by atoms with van der Waals surface area (Å²) in [6, 6.07) is 16.6. The zero-order valence-electron chi connectivity index (χ0n) is 16.1. The highest BCUT2D eigenvalue weighted by Crippen LogP contribution is 2.25. The van der Waals surface area contributed by atoms with E-state index in [0.717, 1.165) is 65.4 Å². The maximum Gasteiger partial charge on any atom is 0.206 e. The highest BCUT2D eigenvalue weighted by molar-refractivity contribution is 7.07. The highest BCUT2D eigenvalue weighted by atomic mass is 35.5. The Balaban J connectivity index is 1.83. The molecule has 0 saturated heterocycles. The number of hydrogen-bond donors (Lipinski definition) is 0. The number of aryl methyl sites for hydroxylation is 1. The topological polar surface area (TPSA) is 29.6 Å². The van der Waals surface area contributed by atoms with Crippen molar-refractivity contribution >= 4 is 28.6 Å². The van der Waals surface area contributed by atoms with Gasteiger partial charge < -0.3 is 0 Å². The summed E-state index contributed by atoms with van der Waals surface area (Å²) in [5, 5.41) is 8.00. The van der Waals surface area contributed by atoms with Crippen LogP contribution in [0.25, 0.3) is 11.3 Å². The van der Waals surface area contributed by atoms with Crippen molar-refractivity contribution in [2.45, 2.75) is 39.0 Å². The highest BCUT2D eigenvalue weighted by Gasteiger charge is 2.16. The molecule has 144 valence electrons. The Morgan fingerprint density at radius 1 is 1.07 bits per heavy atom. The molecular weight excluding hydrogens is 386 g/mol. The summed E-state index contributed by atoms with van der Waals surface area (Å²) in [6.45, 7) is 3.02. The smallest absolute Gasteiger partial charge is 0.206 e. The zero-order chi connectivity index (χ0) is 19.3. The van der Waals surface area contributed by atoms with E-state index in [1.807, 2.05) is 28.9 Å². The number of hydrogen-bond acceptors (Lipinski definition) is 3. The second-order valence-corrected chi connectivity index (χ2v) is 8.29. The van der Waals surface area contributed by atoms with E-state index in [1.165, 1.54) is 11.1 Å². The molecule has 2 aromatic carbocycles. The van der Waals surface area contributed by atoms with Crippen LogP contribution in [0, 0.1) is 0 Å². The number of fused-ring (bicyclic) bond motifs is 1. The van der Waals surface area contributed by atoms with Crippen LogP contribution in [0.15, 0.2) is 64.0 Å². The first-order valence-corrected chi connectivity index (χ1v) is 11.1. The van der Waals surface area contributed by atoms with Gasteiger partial charge in [0.1, 0.15) is 0 Å². The zero-order valence-corrected chi connectivity index (χ0v) is 17.6. The molecule has 0 radical (unpaired) electrons. The number of benzene rings is 2. The second kappa shape index (κ2) is 8.89. The van der Waals surface area contributed by atoms with Crippen molar-refractivity contribution in [1.82, 2.24) is 4.68 Å². The number of aromatic nitrogens is 1. The third-order valence-electron chi connectivity index (χ3n) is 4.99. The molecule has 0 unspecified atom stereocenters. The van der Waals surface area contributed by atoms with Gasteiger partial charge in [0.15, 0.2) is 0 Å². The summed E-state index contributed by atoms with van der Waals surface area (Å²) < 4.78 is 2.03. The Hall–Kier alpha value is -2.17. The molecule has 1 aromatic heterocycles. The first kappa shape index (κ1) is 19.2. The van der Waals surface area contributed by atoms with Gasteiger partial charge in [-0.15, -0.1) is 11.3 Å². The van der Waals surface area contributed by atoms with Crippen molar-refractivity contribution in [1.29, 1.82) is 0 Å². The Labute approximate surface area is 175 Å². The van der Waals surface area contributed by atoms with E-state index in [1.54, 1.807) is 11.3 Å². The van der Waals surface area contributed by atoms with Gasteiger partial charge in [-0.1, -0.05) is 61.3 Å². The average Bonchev–Trinajstić information content (AvgIpc) is 3.12. The molecule has 5 heteroatoms. The molecule has 0 amide bonds. The standard InChI is InChI=1S/C23H24ClN3S/c1-2-3-15-25-23-27(22(16-28-23)18-11-13-19(24)14-12-18)26-21-10-6-8-17-7-4-5-9-20(17)21/h4-5,7,9,11-14,16H,2-3,6,8,10,15H2,1H3. The minimum absolute atomic E-state index is 0.742. The molecule has 0 saturated carbocycles. The first-order valence-electron chi connectivity index (χ1n) is 9.89. The lowest BCUT2D eigenvalue weighted by Crippen LogP contribution is -2.18. The molecule has 0 bridgehead atoms. The van der Waals surface area contributed by atoms with Crippen LogP contribution in [0.3, 0.4) is 0 Å². The maximum absolute atomic E-state index is 6.09. The van der Waals surface area contributed by atoms with Gasteiger partial charge in [-0.2, -0.15) is 5.10 Å². The molecule has 28 heavy (non-hydrogen) atoms. The molecule has 4 rings (SSSR count). The average molecular weight is 410 g/mol. The summed E-state index contributed by atoms with van der Waals surface area (Å²) >= 11 is 7.74. The third-order valence-corrected chi connectivity index (χ3v) is 6.10. The Morgan fingerprint density at radius 3 is 2.71 bits per heavy atom. The van der Waals surface area contributed by atoms with Gasteiger partial charge in [0, 0.05) is 28.1 Å². The maximum atomic E-state index is 6.09. The summed E-state index contributed by atoms with van der Waals surface area (Å²) in [5.74, 6) is 0. The molecule has 0 spiro atoms. The lowest BCUT2D eigenvalue weighted by atomic mass is 9.90. The first-order chi connectivity index (χ1) is 13.8. The van der Waals surface area contributed by atoms with Crippen molar-refractivity contribution in [2.24, 2.45) is 10.1 Å². The molecule has 1 aliphatic carbocycles. The van der Waals surface area contributed by atoms with E-state index in [9.17, 15) is 0 Å². The predicted octanol–water partition coefficient (Wildman–Crippen LogP) is 6.16. The van der Waals surface area contributed by atoms with Crippen LogP contribution in [-0.4, -0.2) is 16.9 Å². The van der Waals surface area contributed by atoms with Crippen LogP contribution < -0.4 is 4.80 Å². The van der Waals surface area contributed by atoms with E-state index in [0.29, 0.717) is 0 Å². The molecular formula is C23H24ClN3S. The minimum atomic E-state index is 0.742. The SMILES string of the molecule is CCCCN=c1scc(-c2ccc(Cl)cc2)n1N=C1CCCc2ccccc21. The van der Waals surface area contributed by atoms with Crippen LogP contribution in [0.1, 0.15) is 43.7 Å². The van der Waals surface area contributed by atoms with Crippen LogP contribution >= 0.6 is 22.9 Å². The molecule has 0 fully saturated rings. The summed E-state index contributed by atoms with van der Waals surface area (Å²) in [5.41, 5.74) is 5.97. The summed E-state index contributed by atoms with van der Waals surface area (Å²) in [6.07, 6.45) is 5.49. The van der Waals surface area contributed by atoms with Crippen LogP contribution in [0.5, 0.6) is 0 Å². The predicted molar refractivity (Wildman–Crippen MR) is 119 cm³/mol. The van der Waals surface area contributed by atoms with E-state index in [2.05, 4.69) is 36.6 Å². The lowest BCUT2D eigenvalue weighted by molar-refractivity contribution is 0.755. The number of nitrogens with zero attached hydrogens (tertiary/aromatic N) is 3. The minimum Gasteiger partial charge on any atom is -0.257 e. The Kier molecular flexibility index (Phi) is 6.08. The normalized spacial score (nSPS) is 15.8. The van der Waals surface area contributed by atoms with E-state index in [-0.39, 0.29) is 0 Å². The van der Waals surface area contributed by atoms with Crippen molar-refractivity contribution < 1.29 is 0 Å². The van der Waals surface area contributed by atoms with Crippen molar-refractivity contribution in [3.63, 3.8) is 0 Å². The lowest BCUT2D eigenvalue weighted by Gasteiger charge is -2.18. The van der Waals surface area contributed by atoms with Gasteiger partial charge >= 0.3 is 0 Å². The number of unbranched alkanes of at least 4 members (excludes halogenated alkanes) is 1. The monoisotopic (exact) mass is 409 g/mol. The van der Waals surface area contributed by atoms with E-state index in [4.69, 9.17) is 21.7 Å². The van der Waals surface area contributed by atoms with Gasteiger partial charge in [0.25, 0.3) is 0 Å². The number of halogens is 1. The fourth-order valence-corrected chi connectivity index (χ4v) is 4.47. The molecule has 1 heterocycles. The van der Waals surface area contributed by atoms with Crippen molar-refractivity contribution in [2.75, 3.05) is 6.54 Å². The van der Waals surface area contributed by atoms with Gasteiger partial charge in [0.2, 0.25) is 4.80 Å². The van der Waals surface area contributed by atoms with Gasteiger partial charge in [-0.05, 0) is 43.4 Å². The van der Waals surface area contributed by atoms with Crippen molar-refractivity contribution in [3.05, 3.63) is 74.9 Å². The quantitative estimate of drug-likeness (QED) is 0.452. The molecule has 0 N–H and O–H groups in total. The van der Waals surface area contributed by atoms with Crippen LogP contribution in [0.2, 0.25) is 5.02 Å². The van der Waals surface area contributed by atoms with Gasteiger partial charge in [-0.25, -0.2) is 4.68 Å². The van der Waals surface area contributed by atoms with Gasteiger partial charge in [0.05, 0.1) is 11.4 Å². The largest absolute Gasteiger partial charge is 0.257 e. The Morgan fingerprint density at radius 2 is 1.89 bits per heavy atom. The van der Waals surface area contributed by atoms with Crippen molar-refractivity contribution in [3.8, 4) is 11.3 Å². The van der Waals surface area contributed by atoms with Crippen LogP contribution in [0.4, 0.5) is 0 Å². The molecule has 1 aliphatic rings. The van der Waals surface area contributed by atoms with E-state index >= 15 is 0 Å². The fourth-order valence-electron chi connectivity index (χ4n) is 3.48. The fraction of sp³-hybridized carbons (Fsp3) is 0.304. The number of thiazole rings is 1. The molecule has 0 aliphatic heterocycles. The Bertz CT molecular complexity index is 1040. The summed E-state index contributed by atoms with van der Waals surface area (Å²) in [7, 11) is 0. The third kappa shape index (κ3) is 4.13. The molecule has 3 aromatic rings. The molecule has 0 atom stereocenters. The van der Waals surface area contributed by atoms with Gasteiger partial charge in [-0.3, -0.25) is 4.99 Å². The van der Waals surface area contributed by atoms with E-state index < -0.39 is 0 Å². The number of rotatable bonds is 5.